The maximum absolute atomic E-state index is 10.9. The first-order valence-corrected chi connectivity index (χ1v) is 7.64. The Bertz CT molecular complexity index is 216. The van der Waals surface area contributed by atoms with Crippen molar-refractivity contribution in [3.8, 4) is 0 Å². The molecule has 0 radical (unpaired) electrons. The third kappa shape index (κ3) is 8.71. The van der Waals surface area contributed by atoms with Crippen LogP contribution in [0, 0.1) is 0 Å². The third-order valence-electron chi connectivity index (χ3n) is 1.83. The van der Waals surface area contributed by atoms with E-state index in [1.807, 2.05) is 0 Å². The first kappa shape index (κ1) is 13.4. The van der Waals surface area contributed by atoms with Crippen molar-refractivity contribution in [2.75, 3.05) is 37.0 Å². The quantitative estimate of drug-likeness (QED) is 0.652. The second-order valence-electron chi connectivity index (χ2n) is 3.11. The Morgan fingerprint density at radius 1 is 1.31 bits per heavy atom. The molecule has 5 heteroatoms. The van der Waals surface area contributed by atoms with Crippen LogP contribution in [0.5, 0.6) is 0 Å². The van der Waals surface area contributed by atoms with Crippen LogP contribution in [0.3, 0.4) is 0 Å². The highest BCUT2D eigenvalue weighted by atomic mass is 79.9. The summed E-state index contributed by atoms with van der Waals surface area (Å²) in [6.45, 7) is 4.60. The van der Waals surface area contributed by atoms with E-state index in [1.54, 1.807) is 0 Å². The van der Waals surface area contributed by atoms with Crippen LogP contribution in [0.1, 0.15) is 13.3 Å². The minimum absolute atomic E-state index is 0.267. The summed E-state index contributed by atoms with van der Waals surface area (Å²) < 4.78 is 21.8. The molecule has 0 amide bonds. The number of halogens is 1. The van der Waals surface area contributed by atoms with Crippen molar-refractivity contribution < 1.29 is 8.42 Å². The summed E-state index contributed by atoms with van der Waals surface area (Å²) in [6, 6.07) is 0. The van der Waals surface area contributed by atoms with Gasteiger partial charge in [0.2, 0.25) is 0 Å². The molecule has 0 fully saturated rings. The smallest absolute Gasteiger partial charge is 0.148 e. The summed E-state index contributed by atoms with van der Waals surface area (Å²) >= 11 is 3.35. The molecule has 0 bridgehead atoms. The van der Waals surface area contributed by atoms with Crippen LogP contribution >= 0.6 is 15.9 Å². The van der Waals surface area contributed by atoms with E-state index in [2.05, 4.69) is 27.8 Å². The molecule has 0 aliphatic heterocycles. The molecule has 0 atom stereocenters. The Morgan fingerprint density at radius 2 is 1.92 bits per heavy atom. The molecule has 0 rings (SSSR count). The van der Waals surface area contributed by atoms with Crippen molar-refractivity contribution in [2.45, 2.75) is 13.3 Å². The van der Waals surface area contributed by atoms with Crippen molar-refractivity contribution in [3.63, 3.8) is 0 Å². The Morgan fingerprint density at radius 3 is 2.31 bits per heavy atom. The van der Waals surface area contributed by atoms with Gasteiger partial charge in [-0.2, -0.15) is 0 Å². The second-order valence-corrected chi connectivity index (χ2v) is 6.16. The fraction of sp³-hybridized carbons (Fsp3) is 1.00. The lowest BCUT2D eigenvalue weighted by atomic mass is 10.4. The molecule has 0 aliphatic rings. The predicted octanol–water partition coefficient (Wildman–Crippen LogP) is 1.14. The lowest BCUT2D eigenvalue weighted by molar-refractivity contribution is 0.306. The fourth-order valence-corrected chi connectivity index (χ4v) is 1.85. The molecule has 0 spiro atoms. The zero-order chi connectivity index (χ0) is 10.3. The minimum atomic E-state index is -2.81. The molecule has 0 aromatic rings. The molecule has 0 unspecified atom stereocenters. The van der Waals surface area contributed by atoms with E-state index in [0.717, 1.165) is 24.8 Å². The highest BCUT2D eigenvalue weighted by Crippen LogP contribution is 1.95. The van der Waals surface area contributed by atoms with Gasteiger partial charge < -0.3 is 4.90 Å². The van der Waals surface area contributed by atoms with Crippen LogP contribution in [0.25, 0.3) is 0 Å². The average molecular weight is 272 g/mol. The van der Waals surface area contributed by atoms with Gasteiger partial charge >= 0.3 is 0 Å². The summed E-state index contributed by atoms with van der Waals surface area (Å²) in [6.07, 6.45) is 2.35. The number of rotatable bonds is 7. The van der Waals surface area contributed by atoms with Crippen molar-refractivity contribution in [2.24, 2.45) is 0 Å². The molecule has 0 heterocycles. The summed E-state index contributed by atoms with van der Waals surface area (Å²) in [4.78, 5) is 2.16. The van der Waals surface area contributed by atoms with Gasteiger partial charge in [0.05, 0.1) is 5.75 Å². The first-order valence-electron chi connectivity index (χ1n) is 4.45. The number of hydrogen-bond acceptors (Lipinski definition) is 3. The van der Waals surface area contributed by atoms with Gasteiger partial charge in [0, 0.05) is 18.1 Å². The Kier molecular flexibility index (Phi) is 6.99. The molecular weight excluding hydrogens is 254 g/mol. The van der Waals surface area contributed by atoms with Gasteiger partial charge in [0.1, 0.15) is 9.84 Å². The monoisotopic (exact) mass is 271 g/mol. The van der Waals surface area contributed by atoms with Gasteiger partial charge in [0.25, 0.3) is 0 Å². The van der Waals surface area contributed by atoms with E-state index in [0.29, 0.717) is 6.54 Å². The number of sulfone groups is 1. The van der Waals surface area contributed by atoms with E-state index in [9.17, 15) is 8.42 Å². The molecular formula is C8H18BrNO2S. The summed E-state index contributed by atoms with van der Waals surface area (Å²) in [5, 5.41) is 0.975. The highest BCUT2D eigenvalue weighted by molar-refractivity contribution is 9.09. The Balaban J connectivity index is 3.72. The average Bonchev–Trinajstić information content (AvgIpc) is 2.03. The number of hydrogen-bond donors (Lipinski definition) is 0. The van der Waals surface area contributed by atoms with Gasteiger partial charge in [-0.15, -0.1) is 0 Å². The van der Waals surface area contributed by atoms with Crippen molar-refractivity contribution in [1.82, 2.24) is 4.90 Å². The first-order chi connectivity index (χ1) is 5.99. The highest BCUT2D eigenvalue weighted by Gasteiger charge is 2.06. The zero-order valence-corrected chi connectivity index (χ0v) is 10.7. The van der Waals surface area contributed by atoms with Crippen LogP contribution in [-0.2, 0) is 9.84 Å². The van der Waals surface area contributed by atoms with Gasteiger partial charge in [-0.3, -0.25) is 0 Å². The van der Waals surface area contributed by atoms with Gasteiger partial charge in [-0.05, 0) is 19.5 Å². The van der Waals surface area contributed by atoms with Crippen molar-refractivity contribution in [3.05, 3.63) is 0 Å². The molecule has 0 aromatic carbocycles. The van der Waals surface area contributed by atoms with Gasteiger partial charge in [-0.25, -0.2) is 8.42 Å². The number of alkyl halides is 1. The summed E-state index contributed by atoms with van der Waals surface area (Å²) in [5.74, 6) is 0.267. The van der Waals surface area contributed by atoms with Crippen LogP contribution in [0.4, 0.5) is 0 Å². The van der Waals surface area contributed by atoms with Crippen molar-refractivity contribution >= 4 is 25.8 Å². The third-order valence-corrected chi connectivity index (χ3v) is 3.32. The van der Waals surface area contributed by atoms with E-state index >= 15 is 0 Å². The zero-order valence-electron chi connectivity index (χ0n) is 8.29. The summed E-state index contributed by atoms with van der Waals surface area (Å²) in [5.41, 5.74) is 0. The van der Waals surface area contributed by atoms with Crippen LogP contribution < -0.4 is 0 Å². The lowest BCUT2D eigenvalue weighted by Gasteiger charge is -2.18. The fourth-order valence-electron chi connectivity index (χ4n) is 1.01. The Labute approximate surface area is 89.5 Å². The summed E-state index contributed by atoms with van der Waals surface area (Å²) in [7, 11) is -2.81. The normalized spacial score (nSPS) is 12.3. The molecule has 0 saturated carbocycles. The maximum atomic E-state index is 10.9. The predicted molar refractivity (Wildman–Crippen MR) is 60.2 cm³/mol. The molecule has 0 N–H and O–H groups in total. The van der Waals surface area contributed by atoms with E-state index in [1.165, 1.54) is 6.26 Å². The standard InChI is InChI=1S/C8H18BrNO2S/c1-3-10(6-4-5-9)7-8-13(2,11)12/h3-8H2,1-2H3. The SMILES string of the molecule is CCN(CCCBr)CCS(C)(=O)=O. The van der Waals surface area contributed by atoms with Crippen LogP contribution in [0.2, 0.25) is 0 Å². The topological polar surface area (TPSA) is 37.4 Å². The molecule has 0 aromatic heterocycles. The second kappa shape index (κ2) is 6.79. The maximum Gasteiger partial charge on any atom is 0.148 e. The molecule has 0 aliphatic carbocycles. The van der Waals surface area contributed by atoms with E-state index in [-0.39, 0.29) is 5.75 Å². The molecule has 0 saturated heterocycles. The molecule has 80 valence electrons. The number of nitrogens with zero attached hydrogens (tertiary/aromatic N) is 1. The lowest BCUT2D eigenvalue weighted by Crippen LogP contribution is -2.30. The largest absolute Gasteiger partial charge is 0.303 e. The van der Waals surface area contributed by atoms with E-state index in [4.69, 9.17) is 0 Å². The molecule has 13 heavy (non-hydrogen) atoms. The van der Waals surface area contributed by atoms with Crippen LogP contribution in [0.15, 0.2) is 0 Å². The van der Waals surface area contributed by atoms with Crippen molar-refractivity contribution in [1.29, 1.82) is 0 Å². The molecule has 3 nitrogen and oxygen atoms in total. The van der Waals surface area contributed by atoms with Gasteiger partial charge in [-0.1, -0.05) is 22.9 Å². The van der Waals surface area contributed by atoms with Crippen LogP contribution in [-0.4, -0.2) is 50.3 Å². The van der Waals surface area contributed by atoms with E-state index < -0.39 is 9.84 Å². The van der Waals surface area contributed by atoms with Gasteiger partial charge in [0.15, 0.2) is 0 Å². The Hall–Kier alpha value is 0.390. The minimum Gasteiger partial charge on any atom is -0.303 e.